The average Bonchev–Trinajstić information content (AvgIpc) is 3.61. The number of carboxylic acid groups (broad SMARTS) is 1. The Morgan fingerprint density at radius 3 is 2.48 bits per heavy atom. The SMILES string of the molecule is Cc1cc(C(C)Cc2ccc(C3CCN(C(=O)OC(C)(C)C)CC3)cc2)c(-c2cccc(-n3cc(C(=O)O)cn3)n2)s1. The first-order valence-corrected chi connectivity index (χ1v) is 15.2. The van der Waals surface area contributed by atoms with E-state index in [-0.39, 0.29) is 17.6 Å². The fraction of sp³-hybridized carbons (Fsp3) is 0.394. The van der Waals surface area contributed by atoms with Crippen LogP contribution in [0.5, 0.6) is 0 Å². The van der Waals surface area contributed by atoms with E-state index in [1.807, 2.05) is 43.9 Å². The molecule has 3 aromatic heterocycles. The molecule has 1 fully saturated rings. The van der Waals surface area contributed by atoms with E-state index in [0.29, 0.717) is 11.7 Å². The highest BCUT2D eigenvalue weighted by Gasteiger charge is 2.27. The molecule has 1 unspecified atom stereocenters. The number of nitrogens with zero attached hydrogens (tertiary/aromatic N) is 4. The van der Waals surface area contributed by atoms with Crippen LogP contribution in [0, 0.1) is 6.92 Å². The van der Waals surface area contributed by atoms with Crippen molar-refractivity contribution in [1.82, 2.24) is 19.7 Å². The Morgan fingerprint density at radius 1 is 1.12 bits per heavy atom. The summed E-state index contributed by atoms with van der Waals surface area (Å²) in [5.41, 5.74) is 4.37. The van der Waals surface area contributed by atoms with E-state index >= 15 is 0 Å². The van der Waals surface area contributed by atoms with Gasteiger partial charge in [0.25, 0.3) is 0 Å². The number of rotatable bonds is 7. The largest absolute Gasteiger partial charge is 0.478 e. The van der Waals surface area contributed by atoms with Gasteiger partial charge in [0.05, 0.1) is 22.3 Å². The summed E-state index contributed by atoms with van der Waals surface area (Å²) in [4.78, 5) is 32.7. The van der Waals surface area contributed by atoms with Crippen molar-refractivity contribution in [3.63, 3.8) is 0 Å². The number of aryl methyl sites for hydroxylation is 1. The van der Waals surface area contributed by atoms with E-state index in [2.05, 4.69) is 49.3 Å². The Kier molecular flexibility index (Phi) is 8.50. The maximum Gasteiger partial charge on any atom is 0.410 e. The molecule has 0 aliphatic carbocycles. The number of carbonyl (C=O) groups is 2. The molecule has 0 radical (unpaired) electrons. The van der Waals surface area contributed by atoms with Crippen molar-refractivity contribution < 1.29 is 19.4 Å². The number of hydrogen-bond acceptors (Lipinski definition) is 6. The highest BCUT2D eigenvalue weighted by atomic mass is 32.1. The Labute approximate surface area is 251 Å². The van der Waals surface area contributed by atoms with Crippen LogP contribution in [0.15, 0.2) is 60.9 Å². The lowest BCUT2D eigenvalue weighted by Gasteiger charge is -2.33. The third-order valence-corrected chi connectivity index (χ3v) is 8.67. The number of likely N-dealkylation sites (tertiary alicyclic amines) is 1. The number of hydrogen-bond donors (Lipinski definition) is 1. The van der Waals surface area contributed by atoms with E-state index in [0.717, 1.165) is 42.9 Å². The van der Waals surface area contributed by atoms with Gasteiger partial charge in [-0.05, 0) is 93.7 Å². The molecular formula is C33H38N4O4S. The van der Waals surface area contributed by atoms with Gasteiger partial charge in [-0.3, -0.25) is 0 Å². The van der Waals surface area contributed by atoms with E-state index in [4.69, 9.17) is 9.72 Å². The van der Waals surface area contributed by atoms with Gasteiger partial charge in [-0.15, -0.1) is 11.3 Å². The molecule has 4 heterocycles. The summed E-state index contributed by atoms with van der Waals surface area (Å²) < 4.78 is 7.04. The van der Waals surface area contributed by atoms with E-state index in [1.54, 1.807) is 11.3 Å². The summed E-state index contributed by atoms with van der Waals surface area (Å²) in [6.07, 6.45) is 5.37. The Hall–Kier alpha value is -3.98. The number of aromatic carboxylic acids is 1. The van der Waals surface area contributed by atoms with Crippen LogP contribution in [0.25, 0.3) is 16.4 Å². The summed E-state index contributed by atoms with van der Waals surface area (Å²) in [6, 6.07) is 17.0. The van der Waals surface area contributed by atoms with Gasteiger partial charge >= 0.3 is 12.1 Å². The smallest absolute Gasteiger partial charge is 0.410 e. The summed E-state index contributed by atoms with van der Waals surface area (Å²) in [5.74, 6) is 0.291. The average molecular weight is 587 g/mol. The number of carboxylic acids is 1. The summed E-state index contributed by atoms with van der Waals surface area (Å²) >= 11 is 1.72. The molecule has 1 saturated heterocycles. The Morgan fingerprint density at radius 2 is 1.83 bits per heavy atom. The number of carbonyl (C=O) groups excluding carboxylic acids is 1. The number of aromatic nitrogens is 3. The molecule has 1 atom stereocenters. The maximum absolute atomic E-state index is 12.4. The number of thiophene rings is 1. The maximum atomic E-state index is 12.4. The zero-order chi connectivity index (χ0) is 30.0. The minimum absolute atomic E-state index is 0.126. The fourth-order valence-electron chi connectivity index (χ4n) is 5.45. The van der Waals surface area contributed by atoms with Crippen LogP contribution in [0.1, 0.15) is 84.3 Å². The number of amides is 1. The molecule has 5 rings (SSSR count). The van der Waals surface area contributed by atoms with Crippen molar-refractivity contribution in [2.75, 3.05) is 13.1 Å². The Bertz CT molecular complexity index is 1560. The molecule has 1 aliphatic heterocycles. The first-order chi connectivity index (χ1) is 20.0. The first-order valence-electron chi connectivity index (χ1n) is 14.4. The summed E-state index contributed by atoms with van der Waals surface area (Å²) in [6.45, 7) is 11.5. The number of benzene rings is 1. The summed E-state index contributed by atoms with van der Waals surface area (Å²) in [5, 5.41) is 13.4. The lowest BCUT2D eigenvalue weighted by atomic mass is 9.87. The lowest BCUT2D eigenvalue weighted by molar-refractivity contribution is 0.0204. The molecule has 42 heavy (non-hydrogen) atoms. The molecule has 4 aromatic rings. The lowest BCUT2D eigenvalue weighted by Crippen LogP contribution is -2.41. The van der Waals surface area contributed by atoms with Crippen LogP contribution in [-0.4, -0.2) is 55.5 Å². The molecule has 0 spiro atoms. The number of piperidine rings is 1. The minimum Gasteiger partial charge on any atom is -0.478 e. The van der Waals surface area contributed by atoms with Gasteiger partial charge in [0.15, 0.2) is 5.82 Å². The second-order valence-electron chi connectivity index (χ2n) is 12.1. The van der Waals surface area contributed by atoms with Crippen molar-refractivity contribution in [1.29, 1.82) is 0 Å². The quantitative estimate of drug-likeness (QED) is 0.241. The molecule has 0 saturated carbocycles. The second-order valence-corrected chi connectivity index (χ2v) is 13.3. The van der Waals surface area contributed by atoms with Crippen molar-refractivity contribution >= 4 is 23.4 Å². The fourth-order valence-corrected chi connectivity index (χ4v) is 6.55. The summed E-state index contributed by atoms with van der Waals surface area (Å²) in [7, 11) is 0. The van der Waals surface area contributed by atoms with Crippen molar-refractivity contribution in [3.8, 4) is 16.4 Å². The minimum atomic E-state index is -1.01. The standard InChI is InChI=1S/C33H38N4O4S/c1-21(17-23-9-11-24(12-10-23)25-13-15-36(16-14-25)32(40)41-33(3,4)5)27-18-22(2)42-30(27)28-7-6-8-29(35-28)37-20-26(19-34-37)31(38)39/h6-12,18-21,25H,13-17H2,1-5H3,(H,38,39). The highest BCUT2D eigenvalue weighted by molar-refractivity contribution is 7.15. The van der Waals surface area contributed by atoms with E-state index in [9.17, 15) is 14.7 Å². The predicted molar refractivity (Wildman–Crippen MR) is 165 cm³/mol. The zero-order valence-electron chi connectivity index (χ0n) is 24.8. The third-order valence-electron chi connectivity index (χ3n) is 7.59. The van der Waals surface area contributed by atoms with Crippen LogP contribution < -0.4 is 0 Å². The van der Waals surface area contributed by atoms with E-state index in [1.165, 1.54) is 38.6 Å². The van der Waals surface area contributed by atoms with Gasteiger partial charge < -0.3 is 14.7 Å². The van der Waals surface area contributed by atoms with Gasteiger partial charge in [-0.1, -0.05) is 37.3 Å². The third kappa shape index (κ3) is 6.90. The topological polar surface area (TPSA) is 97.5 Å². The van der Waals surface area contributed by atoms with Gasteiger partial charge in [-0.25, -0.2) is 19.3 Å². The van der Waals surface area contributed by atoms with Gasteiger partial charge in [0, 0.05) is 24.2 Å². The number of ether oxygens (including phenoxy) is 1. The van der Waals surface area contributed by atoms with Gasteiger partial charge in [-0.2, -0.15) is 5.10 Å². The van der Waals surface area contributed by atoms with Crippen LogP contribution in [0.2, 0.25) is 0 Å². The van der Waals surface area contributed by atoms with Crippen LogP contribution in [-0.2, 0) is 11.2 Å². The highest BCUT2D eigenvalue weighted by Crippen LogP contribution is 2.38. The van der Waals surface area contributed by atoms with Crippen molar-refractivity contribution in [2.24, 2.45) is 0 Å². The normalized spacial score (nSPS) is 15.0. The number of pyridine rings is 1. The first kappa shape index (κ1) is 29.5. The molecule has 9 heteroatoms. The van der Waals surface area contributed by atoms with Crippen LogP contribution >= 0.6 is 11.3 Å². The van der Waals surface area contributed by atoms with Crippen LogP contribution in [0.3, 0.4) is 0 Å². The van der Waals surface area contributed by atoms with Gasteiger partial charge in [0.1, 0.15) is 5.60 Å². The molecule has 1 aromatic carbocycles. The second kappa shape index (κ2) is 12.1. The monoisotopic (exact) mass is 586 g/mol. The molecular weight excluding hydrogens is 548 g/mol. The molecule has 1 amide bonds. The molecule has 8 nitrogen and oxygen atoms in total. The van der Waals surface area contributed by atoms with Crippen LogP contribution in [0.4, 0.5) is 4.79 Å². The molecule has 1 aliphatic rings. The Balaban J connectivity index is 1.25. The van der Waals surface area contributed by atoms with E-state index < -0.39 is 11.6 Å². The van der Waals surface area contributed by atoms with Crippen molar-refractivity contribution in [2.45, 2.75) is 71.3 Å². The predicted octanol–water partition coefficient (Wildman–Crippen LogP) is 7.46. The molecule has 1 N–H and O–H groups in total. The molecule has 220 valence electrons. The van der Waals surface area contributed by atoms with Crippen molar-refractivity contribution in [3.05, 3.63) is 88.1 Å². The molecule has 0 bridgehead atoms. The van der Waals surface area contributed by atoms with Gasteiger partial charge in [0.2, 0.25) is 0 Å². The zero-order valence-corrected chi connectivity index (χ0v) is 25.6.